The van der Waals surface area contributed by atoms with Gasteiger partial charge in [-0.3, -0.25) is 4.57 Å². The molecule has 0 amide bonds. The third-order valence-electron chi connectivity index (χ3n) is 3.77. The fraction of sp³-hybridized carbons (Fsp3) is 0.105. The number of nitrogens with zero attached hydrogens (tertiary/aromatic N) is 4. The number of alkyl halides is 4. The molecule has 2 heterocycles. The monoisotopic (exact) mass is 438 g/mol. The molecule has 7 nitrogen and oxygen atoms in total. The largest absolute Gasteiger partial charge is 0.435 e. The zero-order chi connectivity index (χ0) is 22.7. The van der Waals surface area contributed by atoms with E-state index in [4.69, 9.17) is 5.73 Å². The molecule has 0 saturated heterocycles. The van der Waals surface area contributed by atoms with E-state index in [1.807, 2.05) is 0 Å². The van der Waals surface area contributed by atoms with Crippen molar-refractivity contribution in [3.63, 3.8) is 0 Å². The minimum atomic E-state index is -3.03. The number of imidazole rings is 1. The molecule has 12 heteroatoms. The van der Waals surface area contributed by atoms with E-state index < -0.39 is 24.7 Å². The highest BCUT2D eigenvalue weighted by Crippen LogP contribution is 2.28. The lowest BCUT2D eigenvalue weighted by Gasteiger charge is -2.11. The van der Waals surface area contributed by atoms with Crippen molar-refractivity contribution in [2.45, 2.75) is 13.0 Å². The molecule has 1 aromatic carbocycles. The van der Waals surface area contributed by atoms with Crippen molar-refractivity contribution in [2.24, 2.45) is 0 Å². The van der Waals surface area contributed by atoms with Crippen LogP contribution in [0.25, 0.3) is 17.0 Å². The minimum Gasteiger partial charge on any atom is -0.435 e. The number of fused-ring (bicyclic) bond motifs is 1. The second-order valence-corrected chi connectivity index (χ2v) is 6.05. The van der Waals surface area contributed by atoms with Crippen LogP contribution in [0.4, 0.5) is 33.6 Å². The smallest absolute Gasteiger partial charge is 0.387 e. The number of nitrogens with one attached hydrogen (secondary N) is 1. The minimum absolute atomic E-state index is 0.0195. The molecule has 0 radical (unpaired) electrons. The van der Waals surface area contributed by atoms with E-state index in [9.17, 15) is 22.0 Å². The quantitative estimate of drug-likeness (QED) is 0.301. The van der Waals surface area contributed by atoms with Crippen molar-refractivity contribution in [1.82, 2.24) is 19.5 Å². The van der Waals surface area contributed by atoms with Crippen LogP contribution in [0.5, 0.6) is 0 Å². The lowest BCUT2D eigenvalue weighted by atomic mass is 10.3. The van der Waals surface area contributed by atoms with Gasteiger partial charge < -0.3 is 15.8 Å². The van der Waals surface area contributed by atoms with Crippen LogP contribution < -0.4 is 11.1 Å². The van der Waals surface area contributed by atoms with Gasteiger partial charge in [-0.1, -0.05) is 13.2 Å². The first kappa shape index (κ1) is 21.7. The molecule has 0 aliphatic rings. The van der Waals surface area contributed by atoms with Crippen LogP contribution in [0.2, 0.25) is 0 Å². The molecule has 2 aromatic heterocycles. The Morgan fingerprint density at radius 1 is 1.10 bits per heavy atom. The van der Waals surface area contributed by atoms with Gasteiger partial charge in [0.2, 0.25) is 5.95 Å². The predicted octanol–water partition coefficient (Wildman–Crippen LogP) is 4.71. The third kappa shape index (κ3) is 5.15. The van der Waals surface area contributed by atoms with Crippen LogP contribution in [0, 0.1) is 5.82 Å². The van der Waals surface area contributed by atoms with Gasteiger partial charge in [-0.25, -0.2) is 18.2 Å². The number of halogens is 5. The van der Waals surface area contributed by atoms with Gasteiger partial charge in [0.15, 0.2) is 5.82 Å². The number of aromatic nitrogens is 4. The summed E-state index contributed by atoms with van der Waals surface area (Å²) in [5, 5.41) is 2.71. The van der Waals surface area contributed by atoms with E-state index in [-0.39, 0.29) is 40.1 Å². The van der Waals surface area contributed by atoms with Crippen molar-refractivity contribution in [3.8, 4) is 5.95 Å². The van der Waals surface area contributed by atoms with Gasteiger partial charge in [-0.05, 0) is 24.3 Å². The Balaban J connectivity index is 1.96. The zero-order valence-electron chi connectivity index (χ0n) is 15.7. The first-order chi connectivity index (χ1) is 14.6. The number of hydrogen-bond acceptors (Lipinski definition) is 6. The number of nitrogen functional groups attached to an aromatic ring is 1. The predicted molar refractivity (Wildman–Crippen MR) is 104 cm³/mol. The number of rotatable bonds is 8. The fourth-order valence-corrected chi connectivity index (χ4v) is 2.59. The summed E-state index contributed by atoms with van der Waals surface area (Å²) in [5.74, 6) is -2.00. The summed E-state index contributed by atoms with van der Waals surface area (Å²) >= 11 is 0. The normalized spacial score (nSPS) is 11.6. The van der Waals surface area contributed by atoms with Gasteiger partial charge in [0.25, 0.3) is 6.43 Å². The molecule has 0 bridgehead atoms. The number of nitrogens with two attached hydrogens (primary N) is 1. The van der Waals surface area contributed by atoms with E-state index in [0.717, 1.165) is 22.8 Å². The average molecular weight is 438 g/mol. The molecule has 0 spiro atoms. The summed E-state index contributed by atoms with van der Waals surface area (Å²) in [6.07, 6.45) is -0.598. The van der Waals surface area contributed by atoms with E-state index in [0.29, 0.717) is 0 Å². The van der Waals surface area contributed by atoms with Gasteiger partial charge in [-0.2, -0.15) is 18.7 Å². The lowest BCUT2D eigenvalue weighted by molar-refractivity contribution is -0.0915. The van der Waals surface area contributed by atoms with Crippen LogP contribution in [-0.4, -0.2) is 26.1 Å². The summed E-state index contributed by atoms with van der Waals surface area (Å²) in [6.45, 7) is 3.91. The Morgan fingerprint density at radius 2 is 1.84 bits per heavy atom. The van der Waals surface area contributed by atoms with Crippen molar-refractivity contribution >= 4 is 22.7 Å². The highest BCUT2D eigenvalue weighted by molar-refractivity contribution is 5.78. The topological polar surface area (TPSA) is 90.9 Å². The summed E-state index contributed by atoms with van der Waals surface area (Å²) in [7, 11) is 0. The van der Waals surface area contributed by atoms with E-state index in [1.54, 1.807) is 0 Å². The molecular formula is C19H15F5N6O. The average Bonchev–Trinajstić information content (AvgIpc) is 3.04. The fourth-order valence-electron chi connectivity index (χ4n) is 2.59. The third-order valence-corrected chi connectivity index (χ3v) is 3.77. The highest BCUT2D eigenvalue weighted by Gasteiger charge is 2.22. The van der Waals surface area contributed by atoms with Crippen LogP contribution in [-0.2, 0) is 4.74 Å². The van der Waals surface area contributed by atoms with Gasteiger partial charge in [-0.15, -0.1) is 0 Å². The number of ether oxygens (including phenoxy) is 1. The number of allylic oxidation sites excluding steroid dienone is 2. The maximum absolute atomic E-state index is 13.7. The second-order valence-electron chi connectivity index (χ2n) is 6.05. The molecule has 3 N–H and O–H groups in total. The maximum Gasteiger partial charge on any atom is 0.387 e. The van der Waals surface area contributed by atoms with Crippen LogP contribution in [0.1, 0.15) is 12.2 Å². The Bertz CT molecular complexity index is 1170. The molecule has 3 rings (SSSR count). The lowest BCUT2D eigenvalue weighted by Crippen LogP contribution is -2.10. The van der Waals surface area contributed by atoms with Crippen molar-refractivity contribution in [1.29, 1.82) is 0 Å². The summed E-state index contributed by atoms with van der Waals surface area (Å²) < 4.78 is 70.1. The maximum atomic E-state index is 13.7. The second kappa shape index (κ2) is 8.81. The highest BCUT2D eigenvalue weighted by atomic mass is 19.3. The first-order valence-corrected chi connectivity index (χ1v) is 8.52. The first-order valence-electron chi connectivity index (χ1n) is 8.52. The van der Waals surface area contributed by atoms with E-state index in [2.05, 4.69) is 38.2 Å². The van der Waals surface area contributed by atoms with Crippen LogP contribution in [0.3, 0.4) is 0 Å². The Labute approximate surface area is 172 Å². The van der Waals surface area contributed by atoms with Crippen LogP contribution in [0.15, 0.2) is 61.0 Å². The van der Waals surface area contributed by atoms with Gasteiger partial charge >= 0.3 is 6.61 Å². The van der Waals surface area contributed by atoms with Gasteiger partial charge in [0.1, 0.15) is 23.2 Å². The number of anilines is 2. The Hall–Kier alpha value is -3.96. The number of hydrogen-bond donors (Lipinski definition) is 2. The van der Waals surface area contributed by atoms with Gasteiger partial charge in [0, 0.05) is 17.8 Å². The molecule has 0 saturated carbocycles. The zero-order valence-corrected chi connectivity index (χ0v) is 15.7. The summed E-state index contributed by atoms with van der Waals surface area (Å²) in [6, 6.07) is 4.64. The van der Waals surface area contributed by atoms with E-state index >= 15 is 0 Å². The van der Waals surface area contributed by atoms with E-state index in [1.165, 1.54) is 18.2 Å². The molecule has 31 heavy (non-hydrogen) atoms. The van der Waals surface area contributed by atoms with Crippen molar-refractivity contribution in [2.75, 3.05) is 11.1 Å². The molecule has 0 atom stereocenters. The molecular weight excluding hydrogens is 423 g/mol. The Kier molecular flexibility index (Phi) is 6.18. The summed E-state index contributed by atoms with van der Waals surface area (Å²) in [5.41, 5.74) is 6.06. The molecule has 0 aliphatic heterocycles. The van der Waals surface area contributed by atoms with Crippen molar-refractivity contribution < 1.29 is 26.7 Å². The molecule has 0 aliphatic carbocycles. The molecule has 3 aromatic rings. The molecule has 162 valence electrons. The standard InChI is InChI=1S/C19H15F5N6O/c1-9(3-4-10(2)31-18(23)24)26-15-8-14(25)28-19(29-15)30-13-7-11(20)5-6-12(13)27-17(30)16(21)22/h3-8,16,18H,1-2H2,(H3,25,26,28,29)/b4-3-. The summed E-state index contributed by atoms with van der Waals surface area (Å²) in [4.78, 5) is 11.9. The van der Waals surface area contributed by atoms with Gasteiger partial charge in [0.05, 0.1) is 11.0 Å². The van der Waals surface area contributed by atoms with Crippen molar-refractivity contribution in [3.05, 3.63) is 72.7 Å². The molecule has 0 unspecified atom stereocenters. The number of benzene rings is 1. The Morgan fingerprint density at radius 3 is 2.52 bits per heavy atom. The SMILES string of the molecule is C=C(/C=C\C(=C)OC(F)F)Nc1cc(N)nc(-n2c(C(F)F)nc3ccc(F)cc32)n1. The molecule has 0 fully saturated rings. The van der Waals surface area contributed by atoms with Crippen LogP contribution >= 0.6 is 0 Å².